The van der Waals surface area contributed by atoms with E-state index in [-0.39, 0.29) is 30.6 Å². The molecule has 0 N–H and O–H groups in total. The molecule has 3 heterocycles. The van der Waals surface area contributed by atoms with Crippen molar-refractivity contribution in [1.29, 1.82) is 0 Å². The van der Waals surface area contributed by atoms with Gasteiger partial charge >= 0.3 is 11.9 Å². The van der Waals surface area contributed by atoms with E-state index in [1.807, 2.05) is 0 Å². The van der Waals surface area contributed by atoms with Crippen molar-refractivity contribution < 1.29 is 19.1 Å². The first kappa shape index (κ1) is 7.50. The Morgan fingerprint density at radius 1 is 1.31 bits per heavy atom. The highest BCUT2D eigenvalue weighted by Gasteiger charge is 2.62. The van der Waals surface area contributed by atoms with Crippen LogP contribution in [0.4, 0.5) is 0 Å². The SMILES string of the molecule is O=C1C[C@@]2(C[C@@H]3CC[C@H]2O3)C(=O)O1. The number of cyclic esters (lactones) is 2. The fraction of sp³-hybridized carbons (Fsp3) is 0.778. The van der Waals surface area contributed by atoms with Crippen molar-refractivity contribution >= 4 is 11.9 Å². The van der Waals surface area contributed by atoms with E-state index < -0.39 is 5.41 Å². The van der Waals surface area contributed by atoms with E-state index >= 15 is 0 Å². The fourth-order valence-corrected chi connectivity index (χ4v) is 2.77. The molecular formula is C9H10O4. The Morgan fingerprint density at radius 2 is 2.15 bits per heavy atom. The van der Waals surface area contributed by atoms with Crippen LogP contribution in [0.1, 0.15) is 25.7 Å². The lowest BCUT2D eigenvalue weighted by Crippen LogP contribution is -2.36. The molecule has 13 heavy (non-hydrogen) atoms. The fourth-order valence-electron chi connectivity index (χ4n) is 2.77. The number of ether oxygens (including phenoxy) is 2. The number of hydrogen-bond acceptors (Lipinski definition) is 4. The van der Waals surface area contributed by atoms with Crippen LogP contribution in [0.25, 0.3) is 0 Å². The van der Waals surface area contributed by atoms with Gasteiger partial charge in [-0.2, -0.15) is 0 Å². The summed E-state index contributed by atoms with van der Waals surface area (Å²) in [6.07, 6.45) is 2.95. The number of esters is 2. The Labute approximate surface area is 75.2 Å². The zero-order chi connectivity index (χ0) is 9.05. The molecule has 0 amide bonds. The molecule has 3 rings (SSSR count). The van der Waals surface area contributed by atoms with Gasteiger partial charge in [0.05, 0.1) is 18.6 Å². The van der Waals surface area contributed by atoms with Gasteiger partial charge in [0.2, 0.25) is 0 Å². The second-order valence-electron chi connectivity index (χ2n) is 4.12. The van der Waals surface area contributed by atoms with Crippen LogP contribution in [0, 0.1) is 5.41 Å². The molecule has 3 saturated heterocycles. The van der Waals surface area contributed by atoms with E-state index in [9.17, 15) is 9.59 Å². The first-order valence-corrected chi connectivity index (χ1v) is 4.61. The van der Waals surface area contributed by atoms with Crippen molar-refractivity contribution in [3.8, 4) is 0 Å². The molecule has 2 bridgehead atoms. The van der Waals surface area contributed by atoms with Gasteiger partial charge < -0.3 is 9.47 Å². The van der Waals surface area contributed by atoms with Crippen LogP contribution in [0.5, 0.6) is 0 Å². The molecule has 0 saturated carbocycles. The Balaban J connectivity index is 1.98. The number of carbonyl (C=O) groups is 2. The molecule has 4 heteroatoms. The predicted octanol–water partition coefficient (Wildman–Crippen LogP) is 0.398. The molecule has 0 aromatic heterocycles. The highest BCUT2D eigenvalue weighted by molar-refractivity contribution is 5.98. The smallest absolute Gasteiger partial charge is 0.323 e. The zero-order valence-corrected chi connectivity index (χ0v) is 7.12. The minimum Gasteiger partial charge on any atom is -0.393 e. The molecule has 4 nitrogen and oxygen atoms in total. The van der Waals surface area contributed by atoms with Gasteiger partial charge in [0.25, 0.3) is 0 Å². The molecule has 0 aromatic carbocycles. The lowest BCUT2D eigenvalue weighted by atomic mass is 9.73. The minimum absolute atomic E-state index is 0.0588. The summed E-state index contributed by atoms with van der Waals surface area (Å²) in [6.45, 7) is 0. The summed E-state index contributed by atoms with van der Waals surface area (Å²) in [6, 6.07) is 0. The molecule has 3 aliphatic rings. The van der Waals surface area contributed by atoms with Gasteiger partial charge in [0, 0.05) is 0 Å². The number of rotatable bonds is 0. The van der Waals surface area contributed by atoms with Gasteiger partial charge in [-0.1, -0.05) is 0 Å². The van der Waals surface area contributed by atoms with Crippen molar-refractivity contribution in [2.75, 3.05) is 0 Å². The van der Waals surface area contributed by atoms with E-state index in [1.54, 1.807) is 0 Å². The van der Waals surface area contributed by atoms with E-state index in [2.05, 4.69) is 4.74 Å². The van der Waals surface area contributed by atoms with Gasteiger partial charge in [-0.15, -0.1) is 0 Å². The van der Waals surface area contributed by atoms with Crippen molar-refractivity contribution in [2.45, 2.75) is 37.9 Å². The largest absolute Gasteiger partial charge is 0.393 e. The molecule has 1 spiro atoms. The summed E-state index contributed by atoms with van der Waals surface area (Å²) in [5.41, 5.74) is -0.597. The Morgan fingerprint density at radius 3 is 2.62 bits per heavy atom. The molecule has 3 aliphatic heterocycles. The predicted molar refractivity (Wildman–Crippen MR) is 40.7 cm³/mol. The normalized spacial score (nSPS) is 47.7. The molecule has 3 atom stereocenters. The van der Waals surface area contributed by atoms with Crippen molar-refractivity contribution in [1.82, 2.24) is 0 Å². The van der Waals surface area contributed by atoms with E-state index in [1.165, 1.54) is 0 Å². The van der Waals surface area contributed by atoms with Gasteiger partial charge in [-0.05, 0) is 19.3 Å². The van der Waals surface area contributed by atoms with Crippen LogP contribution < -0.4 is 0 Å². The van der Waals surface area contributed by atoms with Gasteiger partial charge in [0.1, 0.15) is 5.41 Å². The van der Waals surface area contributed by atoms with Crippen LogP contribution in [0.3, 0.4) is 0 Å². The Bertz CT molecular complexity index is 298. The summed E-state index contributed by atoms with van der Waals surface area (Å²) >= 11 is 0. The Kier molecular flexibility index (Phi) is 1.22. The van der Waals surface area contributed by atoms with Gasteiger partial charge in [-0.3, -0.25) is 9.59 Å². The standard InChI is InChI=1S/C9H10O4/c10-7-4-9(8(11)13-7)3-5-1-2-6(9)12-5/h5-6H,1-4H2/t5-,6+,9+/m0/s1. The first-order valence-electron chi connectivity index (χ1n) is 4.61. The maximum Gasteiger partial charge on any atom is 0.323 e. The third-order valence-electron chi connectivity index (χ3n) is 3.39. The van der Waals surface area contributed by atoms with Crippen LogP contribution in [-0.4, -0.2) is 24.1 Å². The second-order valence-corrected chi connectivity index (χ2v) is 4.12. The number of fused-ring (bicyclic) bond motifs is 3. The lowest BCUT2D eigenvalue weighted by Gasteiger charge is -2.24. The number of hydrogen-bond donors (Lipinski definition) is 0. The van der Waals surface area contributed by atoms with E-state index in [0.29, 0.717) is 6.42 Å². The second kappa shape index (κ2) is 2.12. The highest BCUT2D eigenvalue weighted by Crippen LogP contribution is 2.52. The third kappa shape index (κ3) is 0.790. The molecule has 3 fully saturated rings. The van der Waals surface area contributed by atoms with E-state index in [0.717, 1.165) is 12.8 Å². The maximum absolute atomic E-state index is 11.5. The molecule has 0 aromatic rings. The van der Waals surface area contributed by atoms with Crippen LogP contribution in [0.2, 0.25) is 0 Å². The zero-order valence-electron chi connectivity index (χ0n) is 7.12. The van der Waals surface area contributed by atoms with Crippen LogP contribution in [0.15, 0.2) is 0 Å². The number of carbonyl (C=O) groups excluding carboxylic acids is 2. The Hall–Kier alpha value is -0.900. The molecule has 0 aliphatic carbocycles. The van der Waals surface area contributed by atoms with Crippen molar-refractivity contribution in [3.05, 3.63) is 0 Å². The van der Waals surface area contributed by atoms with Crippen LogP contribution in [-0.2, 0) is 19.1 Å². The summed E-state index contributed by atoms with van der Waals surface area (Å²) in [4.78, 5) is 22.5. The maximum atomic E-state index is 11.5. The summed E-state index contributed by atoms with van der Waals surface area (Å²) in [7, 11) is 0. The van der Waals surface area contributed by atoms with Crippen molar-refractivity contribution in [3.63, 3.8) is 0 Å². The quantitative estimate of drug-likeness (QED) is 0.402. The summed E-state index contributed by atoms with van der Waals surface area (Å²) < 4.78 is 10.2. The van der Waals surface area contributed by atoms with Crippen molar-refractivity contribution in [2.24, 2.45) is 5.41 Å². The monoisotopic (exact) mass is 182 g/mol. The third-order valence-corrected chi connectivity index (χ3v) is 3.39. The minimum atomic E-state index is -0.597. The van der Waals surface area contributed by atoms with Crippen LogP contribution >= 0.6 is 0 Å². The average Bonchev–Trinajstić information content (AvgIpc) is 2.68. The average molecular weight is 182 g/mol. The highest BCUT2D eigenvalue weighted by atomic mass is 16.6. The topological polar surface area (TPSA) is 52.6 Å². The molecule has 0 unspecified atom stereocenters. The summed E-state index contributed by atoms with van der Waals surface area (Å²) in [5, 5.41) is 0. The molecular weight excluding hydrogens is 172 g/mol. The summed E-state index contributed by atoms with van der Waals surface area (Å²) in [5.74, 6) is -0.745. The van der Waals surface area contributed by atoms with E-state index in [4.69, 9.17) is 4.74 Å². The lowest BCUT2D eigenvalue weighted by molar-refractivity contribution is -0.156. The molecule has 0 radical (unpaired) electrons. The molecule has 70 valence electrons. The van der Waals surface area contributed by atoms with Gasteiger partial charge in [-0.25, -0.2) is 0 Å². The van der Waals surface area contributed by atoms with Gasteiger partial charge in [0.15, 0.2) is 0 Å². The first-order chi connectivity index (χ1) is 6.21.